The van der Waals surface area contributed by atoms with Crippen LogP contribution in [0.2, 0.25) is 0 Å². The summed E-state index contributed by atoms with van der Waals surface area (Å²) in [5, 5.41) is 3.67. The van der Waals surface area contributed by atoms with Crippen LogP contribution in [0.1, 0.15) is 58.6 Å². The Balaban J connectivity index is 1.76. The Morgan fingerprint density at radius 3 is 2.50 bits per heavy atom. The van der Waals surface area contributed by atoms with Crippen molar-refractivity contribution in [3.63, 3.8) is 0 Å². The first-order chi connectivity index (χ1) is 9.51. The molecule has 0 unspecified atom stereocenters. The highest BCUT2D eigenvalue weighted by molar-refractivity contribution is 9.10. The molecule has 3 heteroatoms. The highest BCUT2D eigenvalue weighted by atomic mass is 79.9. The minimum atomic E-state index is 0.512. The lowest BCUT2D eigenvalue weighted by Gasteiger charge is -2.39. The third-order valence-corrected chi connectivity index (χ3v) is 5.57. The summed E-state index contributed by atoms with van der Waals surface area (Å²) in [6.07, 6.45) is 8.52. The molecule has 0 spiro atoms. The Morgan fingerprint density at radius 2 is 1.95 bits per heavy atom. The van der Waals surface area contributed by atoms with Gasteiger partial charge in [-0.1, -0.05) is 27.2 Å². The van der Waals surface area contributed by atoms with E-state index in [9.17, 15) is 0 Å². The first-order valence-corrected chi connectivity index (χ1v) is 8.64. The van der Waals surface area contributed by atoms with Gasteiger partial charge >= 0.3 is 0 Å². The van der Waals surface area contributed by atoms with E-state index >= 15 is 0 Å². The standard InChI is InChI=1S/C17H27BrN2/c1-4-17(2,3)13-5-8-15(9-6-13)20-12-16-10-7-14(18)11-19-16/h7,10-11,13,15,20H,4-6,8-9,12H2,1-3H3. The Bertz CT molecular complexity index is 406. The van der Waals surface area contributed by atoms with E-state index in [-0.39, 0.29) is 0 Å². The minimum absolute atomic E-state index is 0.512. The fraction of sp³-hybridized carbons (Fsp3) is 0.706. The van der Waals surface area contributed by atoms with Crippen molar-refractivity contribution in [1.29, 1.82) is 0 Å². The molecule has 1 aliphatic rings. The van der Waals surface area contributed by atoms with Gasteiger partial charge in [0.1, 0.15) is 0 Å². The van der Waals surface area contributed by atoms with E-state index in [4.69, 9.17) is 0 Å². The van der Waals surface area contributed by atoms with Crippen LogP contribution in [0.25, 0.3) is 0 Å². The van der Waals surface area contributed by atoms with Gasteiger partial charge in [0.05, 0.1) is 5.69 Å². The van der Waals surface area contributed by atoms with Gasteiger partial charge in [-0.25, -0.2) is 0 Å². The van der Waals surface area contributed by atoms with Crippen molar-refractivity contribution in [1.82, 2.24) is 10.3 Å². The van der Waals surface area contributed by atoms with Crippen LogP contribution in [0.5, 0.6) is 0 Å². The second kappa shape index (κ2) is 7.04. The number of halogens is 1. The van der Waals surface area contributed by atoms with Crippen LogP contribution in [-0.4, -0.2) is 11.0 Å². The van der Waals surface area contributed by atoms with Crippen LogP contribution < -0.4 is 5.32 Å². The number of rotatable bonds is 5. The van der Waals surface area contributed by atoms with Crippen molar-refractivity contribution < 1.29 is 0 Å². The molecule has 0 atom stereocenters. The molecule has 2 nitrogen and oxygen atoms in total. The maximum Gasteiger partial charge on any atom is 0.0542 e. The van der Waals surface area contributed by atoms with Gasteiger partial charge in [0, 0.05) is 23.3 Å². The molecule has 0 aliphatic heterocycles. The number of nitrogens with zero attached hydrogens (tertiary/aromatic N) is 1. The fourth-order valence-electron chi connectivity index (χ4n) is 3.13. The molecule has 1 N–H and O–H groups in total. The Morgan fingerprint density at radius 1 is 1.25 bits per heavy atom. The van der Waals surface area contributed by atoms with Crippen LogP contribution >= 0.6 is 15.9 Å². The summed E-state index contributed by atoms with van der Waals surface area (Å²) in [6.45, 7) is 8.07. The average Bonchev–Trinajstić information content (AvgIpc) is 2.47. The van der Waals surface area contributed by atoms with Gasteiger partial charge in [-0.3, -0.25) is 4.98 Å². The molecule has 1 aromatic rings. The lowest BCUT2D eigenvalue weighted by Crippen LogP contribution is -2.36. The van der Waals surface area contributed by atoms with E-state index in [0.29, 0.717) is 11.5 Å². The molecule has 0 bridgehead atoms. The maximum absolute atomic E-state index is 4.42. The number of hydrogen-bond acceptors (Lipinski definition) is 2. The second-order valence-corrected chi connectivity index (χ2v) is 7.66. The molecule has 1 aromatic heterocycles. The first kappa shape index (κ1) is 16.0. The lowest BCUT2D eigenvalue weighted by molar-refractivity contribution is 0.136. The Kier molecular flexibility index (Phi) is 5.62. The third kappa shape index (κ3) is 4.29. The van der Waals surface area contributed by atoms with Crippen LogP contribution in [0.3, 0.4) is 0 Å². The van der Waals surface area contributed by atoms with E-state index in [1.807, 2.05) is 6.20 Å². The SMILES string of the molecule is CCC(C)(C)C1CCC(NCc2ccc(Br)cn2)CC1. The predicted octanol–water partition coefficient (Wildman–Crippen LogP) is 4.93. The maximum atomic E-state index is 4.42. The van der Waals surface area contributed by atoms with Gasteiger partial charge in [-0.15, -0.1) is 0 Å². The molecule has 1 saturated carbocycles. The number of pyridine rings is 1. The van der Waals surface area contributed by atoms with E-state index in [1.54, 1.807) is 0 Å². The molecule has 0 radical (unpaired) electrons. The minimum Gasteiger partial charge on any atom is -0.308 e. The van der Waals surface area contributed by atoms with E-state index in [1.165, 1.54) is 32.1 Å². The molecule has 2 rings (SSSR count). The molecule has 1 heterocycles. The summed E-state index contributed by atoms with van der Waals surface area (Å²) in [5.74, 6) is 0.899. The van der Waals surface area contributed by atoms with Crippen LogP contribution in [0, 0.1) is 11.3 Å². The second-order valence-electron chi connectivity index (χ2n) is 6.74. The van der Waals surface area contributed by atoms with Crippen molar-refractivity contribution in [2.24, 2.45) is 11.3 Å². The van der Waals surface area contributed by atoms with Crippen molar-refractivity contribution in [2.45, 2.75) is 65.5 Å². The zero-order valence-corrected chi connectivity index (χ0v) is 14.5. The zero-order valence-electron chi connectivity index (χ0n) is 13.0. The highest BCUT2D eigenvalue weighted by Crippen LogP contribution is 2.40. The topological polar surface area (TPSA) is 24.9 Å². The quantitative estimate of drug-likeness (QED) is 0.823. The van der Waals surface area contributed by atoms with Crippen molar-refractivity contribution >= 4 is 15.9 Å². The summed E-state index contributed by atoms with van der Waals surface area (Å²) in [4.78, 5) is 4.42. The molecule has 1 aliphatic carbocycles. The molecule has 20 heavy (non-hydrogen) atoms. The number of hydrogen-bond donors (Lipinski definition) is 1. The molecule has 112 valence electrons. The summed E-state index contributed by atoms with van der Waals surface area (Å²) >= 11 is 3.42. The van der Waals surface area contributed by atoms with Crippen molar-refractivity contribution in [2.75, 3.05) is 0 Å². The first-order valence-electron chi connectivity index (χ1n) is 7.85. The Hall–Kier alpha value is -0.410. The monoisotopic (exact) mass is 338 g/mol. The van der Waals surface area contributed by atoms with Gasteiger partial charge in [-0.2, -0.15) is 0 Å². The molecule has 0 aromatic carbocycles. The Labute approximate surface area is 131 Å². The largest absolute Gasteiger partial charge is 0.308 e. The smallest absolute Gasteiger partial charge is 0.0542 e. The normalized spacial score (nSPS) is 23.8. The molecule has 0 saturated heterocycles. The van der Waals surface area contributed by atoms with Gasteiger partial charge in [-0.05, 0) is 65.1 Å². The van der Waals surface area contributed by atoms with E-state index in [0.717, 1.165) is 22.6 Å². The van der Waals surface area contributed by atoms with Gasteiger partial charge in [0.2, 0.25) is 0 Å². The third-order valence-electron chi connectivity index (χ3n) is 5.10. The number of aromatic nitrogens is 1. The average molecular weight is 339 g/mol. The van der Waals surface area contributed by atoms with Crippen LogP contribution in [0.4, 0.5) is 0 Å². The van der Waals surface area contributed by atoms with Gasteiger partial charge in [0.25, 0.3) is 0 Å². The van der Waals surface area contributed by atoms with Crippen LogP contribution in [-0.2, 0) is 6.54 Å². The molecular weight excluding hydrogens is 312 g/mol. The van der Waals surface area contributed by atoms with E-state index in [2.05, 4.69) is 59.1 Å². The molecular formula is C17H27BrN2. The zero-order chi connectivity index (χ0) is 14.6. The fourth-order valence-corrected chi connectivity index (χ4v) is 3.36. The summed E-state index contributed by atoms with van der Waals surface area (Å²) < 4.78 is 1.04. The highest BCUT2D eigenvalue weighted by Gasteiger charge is 2.31. The summed E-state index contributed by atoms with van der Waals surface area (Å²) in [5.41, 5.74) is 1.64. The van der Waals surface area contributed by atoms with E-state index < -0.39 is 0 Å². The lowest BCUT2D eigenvalue weighted by atomic mass is 9.69. The van der Waals surface area contributed by atoms with Crippen LogP contribution in [0.15, 0.2) is 22.8 Å². The van der Waals surface area contributed by atoms with Crippen molar-refractivity contribution in [3.05, 3.63) is 28.5 Å². The molecule has 0 amide bonds. The summed E-state index contributed by atoms with van der Waals surface area (Å²) in [6, 6.07) is 4.82. The summed E-state index contributed by atoms with van der Waals surface area (Å²) in [7, 11) is 0. The molecule has 1 fully saturated rings. The van der Waals surface area contributed by atoms with Gasteiger partial charge in [0.15, 0.2) is 0 Å². The number of nitrogens with one attached hydrogen (secondary N) is 1. The van der Waals surface area contributed by atoms with Gasteiger partial charge < -0.3 is 5.32 Å². The van der Waals surface area contributed by atoms with Crippen molar-refractivity contribution in [3.8, 4) is 0 Å². The predicted molar refractivity (Wildman–Crippen MR) is 88.6 cm³/mol.